The number of benzene rings is 1. The van der Waals surface area contributed by atoms with Gasteiger partial charge in [0.1, 0.15) is 11.5 Å². The standard InChI is InChI=1S/C24H27N7O2.HI/c1-3-15-32-19-9-11-20(12-10-19)33-23-18(7-6-13-26-23)16-27-24(25-2)28-17-22-30-29-21-8-4-5-14-31(21)22;/h4-14H,3,15-17H2,1-2H3,(H2,25,27,28);1H. The molecule has 0 unspecified atom stereocenters. The summed E-state index contributed by atoms with van der Waals surface area (Å²) in [5.41, 5.74) is 1.71. The minimum atomic E-state index is 0. The zero-order chi connectivity index (χ0) is 22.9. The van der Waals surface area contributed by atoms with Gasteiger partial charge in [-0.15, -0.1) is 34.2 Å². The molecule has 0 aliphatic rings. The number of aromatic nitrogens is 4. The Morgan fingerprint density at radius 3 is 2.56 bits per heavy atom. The summed E-state index contributed by atoms with van der Waals surface area (Å²) >= 11 is 0. The van der Waals surface area contributed by atoms with Gasteiger partial charge in [0.05, 0.1) is 13.2 Å². The lowest BCUT2D eigenvalue weighted by Crippen LogP contribution is -2.36. The number of rotatable bonds is 9. The summed E-state index contributed by atoms with van der Waals surface area (Å²) < 4.78 is 13.6. The summed E-state index contributed by atoms with van der Waals surface area (Å²) in [6.45, 7) is 3.74. The number of aliphatic imine (C=N–C) groups is 1. The minimum absolute atomic E-state index is 0. The highest BCUT2D eigenvalue weighted by Crippen LogP contribution is 2.25. The Morgan fingerprint density at radius 1 is 0.971 bits per heavy atom. The van der Waals surface area contributed by atoms with Crippen LogP contribution in [0.3, 0.4) is 0 Å². The highest BCUT2D eigenvalue weighted by atomic mass is 127. The van der Waals surface area contributed by atoms with Crippen LogP contribution < -0.4 is 20.1 Å². The van der Waals surface area contributed by atoms with E-state index >= 15 is 0 Å². The molecule has 34 heavy (non-hydrogen) atoms. The number of nitrogens with zero attached hydrogens (tertiary/aromatic N) is 5. The monoisotopic (exact) mass is 573 g/mol. The lowest BCUT2D eigenvalue weighted by Gasteiger charge is -2.14. The van der Waals surface area contributed by atoms with Crippen molar-refractivity contribution >= 4 is 35.6 Å². The number of hydrogen-bond acceptors (Lipinski definition) is 6. The average Bonchev–Trinajstić information content (AvgIpc) is 3.28. The Bertz CT molecular complexity index is 1210. The number of fused-ring (bicyclic) bond motifs is 1. The summed E-state index contributed by atoms with van der Waals surface area (Å²) in [7, 11) is 1.72. The molecular formula is C24H28IN7O2. The fourth-order valence-corrected chi connectivity index (χ4v) is 3.16. The van der Waals surface area contributed by atoms with Crippen molar-refractivity contribution < 1.29 is 9.47 Å². The molecule has 1 aromatic carbocycles. The lowest BCUT2D eigenvalue weighted by atomic mass is 10.2. The maximum atomic E-state index is 6.01. The van der Waals surface area contributed by atoms with Crippen molar-refractivity contribution in [1.29, 1.82) is 0 Å². The highest BCUT2D eigenvalue weighted by molar-refractivity contribution is 14.0. The van der Waals surface area contributed by atoms with Gasteiger partial charge in [-0.25, -0.2) is 4.98 Å². The third-order valence-electron chi connectivity index (χ3n) is 4.83. The number of halogens is 1. The number of pyridine rings is 2. The van der Waals surface area contributed by atoms with E-state index in [1.54, 1.807) is 13.2 Å². The summed E-state index contributed by atoms with van der Waals surface area (Å²) in [5, 5.41) is 15.0. The van der Waals surface area contributed by atoms with Gasteiger partial charge < -0.3 is 20.1 Å². The molecule has 2 N–H and O–H groups in total. The van der Waals surface area contributed by atoms with Crippen molar-refractivity contribution in [2.45, 2.75) is 26.4 Å². The van der Waals surface area contributed by atoms with E-state index in [-0.39, 0.29) is 24.0 Å². The van der Waals surface area contributed by atoms with Gasteiger partial charge in [-0.3, -0.25) is 9.39 Å². The van der Waals surface area contributed by atoms with Crippen molar-refractivity contribution in [2.75, 3.05) is 13.7 Å². The van der Waals surface area contributed by atoms with E-state index in [1.165, 1.54) is 0 Å². The molecule has 3 heterocycles. The van der Waals surface area contributed by atoms with Crippen LogP contribution in [0.1, 0.15) is 24.7 Å². The van der Waals surface area contributed by atoms with E-state index in [2.05, 4.69) is 37.7 Å². The highest BCUT2D eigenvalue weighted by Gasteiger charge is 2.09. The number of guanidine groups is 1. The molecule has 0 saturated carbocycles. The van der Waals surface area contributed by atoms with Crippen molar-refractivity contribution in [3.8, 4) is 17.4 Å². The zero-order valence-corrected chi connectivity index (χ0v) is 21.5. The van der Waals surface area contributed by atoms with E-state index in [0.717, 1.165) is 29.2 Å². The molecule has 0 aliphatic carbocycles. The van der Waals surface area contributed by atoms with Crippen LogP contribution in [0.15, 0.2) is 72.0 Å². The van der Waals surface area contributed by atoms with Crippen LogP contribution in [0, 0.1) is 0 Å². The Hall–Kier alpha value is -3.41. The number of ether oxygens (including phenoxy) is 2. The van der Waals surface area contributed by atoms with Gasteiger partial charge in [-0.2, -0.15) is 0 Å². The lowest BCUT2D eigenvalue weighted by molar-refractivity contribution is 0.317. The first-order valence-electron chi connectivity index (χ1n) is 10.8. The summed E-state index contributed by atoms with van der Waals surface area (Å²) in [5.74, 6) is 3.48. The van der Waals surface area contributed by atoms with E-state index in [9.17, 15) is 0 Å². The molecule has 0 saturated heterocycles. The van der Waals surface area contributed by atoms with E-state index in [4.69, 9.17) is 9.47 Å². The van der Waals surface area contributed by atoms with Crippen LogP contribution in [-0.4, -0.2) is 39.2 Å². The molecule has 0 spiro atoms. The van der Waals surface area contributed by atoms with Gasteiger partial charge in [-0.05, 0) is 48.9 Å². The van der Waals surface area contributed by atoms with Gasteiger partial charge in [0, 0.05) is 31.5 Å². The van der Waals surface area contributed by atoms with Crippen LogP contribution in [0.25, 0.3) is 5.65 Å². The smallest absolute Gasteiger partial charge is 0.224 e. The van der Waals surface area contributed by atoms with Crippen molar-refractivity contribution in [2.24, 2.45) is 4.99 Å². The molecule has 3 aromatic heterocycles. The Morgan fingerprint density at radius 2 is 1.76 bits per heavy atom. The van der Waals surface area contributed by atoms with E-state index in [1.807, 2.05) is 65.2 Å². The fourth-order valence-electron chi connectivity index (χ4n) is 3.16. The third kappa shape index (κ3) is 6.56. The Balaban J connectivity index is 0.00000324. The normalized spacial score (nSPS) is 11.1. The molecule has 178 valence electrons. The minimum Gasteiger partial charge on any atom is -0.494 e. The van der Waals surface area contributed by atoms with Crippen LogP contribution >= 0.6 is 24.0 Å². The molecule has 9 nitrogen and oxygen atoms in total. The van der Waals surface area contributed by atoms with Crippen molar-refractivity contribution in [3.63, 3.8) is 0 Å². The molecule has 0 fully saturated rings. The SMILES string of the molecule is CCCOc1ccc(Oc2ncccc2CNC(=NC)NCc2nnc3ccccn23)cc1.I. The molecular weight excluding hydrogens is 545 g/mol. The number of hydrogen-bond donors (Lipinski definition) is 2. The molecule has 4 rings (SSSR count). The maximum Gasteiger partial charge on any atom is 0.224 e. The molecule has 4 aromatic rings. The van der Waals surface area contributed by atoms with Crippen molar-refractivity contribution in [1.82, 2.24) is 30.2 Å². The van der Waals surface area contributed by atoms with Gasteiger partial charge in [0.2, 0.25) is 5.88 Å². The molecule has 0 radical (unpaired) electrons. The molecule has 10 heteroatoms. The quantitative estimate of drug-likeness (QED) is 0.176. The van der Waals surface area contributed by atoms with Crippen LogP contribution in [0.4, 0.5) is 0 Å². The first-order chi connectivity index (χ1) is 16.3. The second-order valence-corrected chi connectivity index (χ2v) is 7.21. The predicted molar refractivity (Wildman–Crippen MR) is 142 cm³/mol. The Kier molecular flexibility index (Phi) is 9.44. The zero-order valence-electron chi connectivity index (χ0n) is 19.1. The van der Waals surface area contributed by atoms with Gasteiger partial charge in [-0.1, -0.05) is 19.1 Å². The average molecular weight is 573 g/mol. The van der Waals surface area contributed by atoms with Crippen LogP contribution in [0.5, 0.6) is 17.4 Å². The molecule has 0 amide bonds. The second kappa shape index (κ2) is 12.7. The second-order valence-electron chi connectivity index (χ2n) is 7.21. The first kappa shape index (κ1) is 25.2. The Labute approximate surface area is 215 Å². The summed E-state index contributed by atoms with van der Waals surface area (Å²) in [6.07, 6.45) is 4.61. The molecule has 0 atom stereocenters. The summed E-state index contributed by atoms with van der Waals surface area (Å²) in [4.78, 5) is 8.69. The molecule has 0 aliphatic heterocycles. The fraction of sp³-hybridized carbons (Fsp3) is 0.250. The van der Waals surface area contributed by atoms with E-state index in [0.29, 0.717) is 37.3 Å². The first-order valence-corrected chi connectivity index (χ1v) is 10.8. The van der Waals surface area contributed by atoms with Gasteiger partial charge in [0.15, 0.2) is 17.4 Å². The topological polar surface area (TPSA) is 98.0 Å². The predicted octanol–water partition coefficient (Wildman–Crippen LogP) is 4.19. The van der Waals surface area contributed by atoms with Crippen molar-refractivity contribution in [3.05, 3.63) is 78.4 Å². The summed E-state index contributed by atoms with van der Waals surface area (Å²) in [6, 6.07) is 17.2. The van der Waals surface area contributed by atoms with Crippen LogP contribution in [-0.2, 0) is 13.1 Å². The van der Waals surface area contributed by atoms with Crippen LogP contribution in [0.2, 0.25) is 0 Å². The van der Waals surface area contributed by atoms with Gasteiger partial charge in [0.25, 0.3) is 0 Å². The largest absolute Gasteiger partial charge is 0.494 e. The number of nitrogens with one attached hydrogen (secondary N) is 2. The third-order valence-corrected chi connectivity index (χ3v) is 4.83. The maximum absolute atomic E-state index is 6.01. The molecule has 0 bridgehead atoms. The van der Waals surface area contributed by atoms with E-state index < -0.39 is 0 Å². The van der Waals surface area contributed by atoms with Gasteiger partial charge >= 0.3 is 0 Å².